The summed E-state index contributed by atoms with van der Waals surface area (Å²) in [7, 11) is 11.6. The molecule has 0 saturated heterocycles. The summed E-state index contributed by atoms with van der Waals surface area (Å²) in [4.78, 5) is 57.9. The number of nitrogens with zero attached hydrogens (tertiary/aromatic N) is 3. The third kappa shape index (κ3) is 10.8. The summed E-state index contributed by atoms with van der Waals surface area (Å²) in [6, 6.07) is 3.70. The zero-order valence-electron chi connectivity index (χ0n) is 26.0. The van der Waals surface area contributed by atoms with Crippen LogP contribution in [0.2, 0.25) is 0 Å². The van der Waals surface area contributed by atoms with Crippen molar-refractivity contribution < 1.29 is 29.4 Å². The second-order valence-electron chi connectivity index (χ2n) is 11.0. The number of hydrazine groups is 2. The van der Waals surface area contributed by atoms with Gasteiger partial charge in [0.15, 0.2) is 0 Å². The zero-order chi connectivity index (χ0) is 32.1. The maximum Gasteiger partial charge on any atom is 0.336 e. The number of carbonyl (C=O) groups excluding carboxylic acids is 2. The molecular formula is C29H46N8O6. The highest BCUT2D eigenvalue weighted by Gasteiger charge is 2.28. The molecule has 7 N–H and O–H groups in total. The van der Waals surface area contributed by atoms with Crippen LogP contribution >= 0.6 is 0 Å². The van der Waals surface area contributed by atoms with Crippen LogP contribution in [0.5, 0.6) is 0 Å². The Morgan fingerprint density at radius 1 is 0.628 bits per heavy atom. The van der Waals surface area contributed by atoms with E-state index in [0.29, 0.717) is 26.1 Å². The lowest BCUT2D eigenvalue weighted by molar-refractivity contribution is 0.0684. The second-order valence-corrected chi connectivity index (χ2v) is 11.0. The fraction of sp³-hybridized carbons (Fsp3) is 0.517. The van der Waals surface area contributed by atoms with Crippen LogP contribution in [0.15, 0.2) is 18.2 Å². The molecule has 0 bridgehead atoms. The van der Waals surface area contributed by atoms with Gasteiger partial charge in [-0.3, -0.25) is 20.4 Å². The van der Waals surface area contributed by atoms with Gasteiger partial charge in [0.2, 0.25) is 0 Å². The molecule has 0 unspecified atom stereocenters. The fourth-order valence-corrected chi connectivity index (χ4v) is 4.48. The van der Waals surface area contributed by atoms with Crippen LogP contribution in [0.25, 0.3) is 10.8 Å². The molecule has 2 amide bonds. The van der Waals surface area contributed by atoms with Gasteiger partial charge in [0.25, 0.3) is 11.8 Å². The Balaban J connectivity index is 2.68. The molecule has 0 atom stereocenters. The van der Waals surface area contributed by atoms with Crippen molar-refractivity contribution in [2.45, 2.75) is 19.3 Å². The summed E-state index contributed by atoms with van der Waals surface area (Å²) in [5.41, 5.74) is 10.4. The van der Waals surface area contributed by atoms with Gasteiger partial charge in [-0.25, -0.2) is 20.4 Å². The molecule has 0 heterocycles. The first kappa shape index (κ1) is 35.4. The molecule has 14 nitrogen and oxygen atoms in total. The maximum absolute atomic E-state index is 13.7. The summed E-state index contributed by atoms with van der Waals surface area (Å²) in [5.74, 6) is -4.06. The van der Waals surface area contributed by atoms with E-state index in [1.54, 1.807) is 0 Å². The predicted molar refractivity (Wildman–Crippen MR) is 167 cm³/mol. The van der Waals surface area contributed by atoms with Crippen molar-refractivity contribution >= 4 is 40.2 Å². The monoisotopic (exact) mass is 602 g/mol. The van der Waals surface area contributed by atoms with Crippen molar-refractivity contribution in [2.24, 2.45) is 0 Å². The normalized spacial score (nSPS) is 11.4. The quantitative estimate of drug-likeness (QED) is 0.0897. The number of hydrogen-bond donors (Lipinski definition) is 7. The zero-order valence-corrected chi connectivity index (χ0v) is 26.0. The average Bonchev–Trinajstić information content (AvgIpc) is 2.92. The number of hydrogen-bond acceptors (Lipinski definition) is 10. The van der Waals surface area contributed by atoms with Crippen LogP contribution in [0.1, 0.15) is 60.7 Å². The summed E-state index contributed by atoms with van der Waals surface area (Å²) >= 11 is 0. The molecule has 0 radical (unpaired) electrons. The van der Waals surface area contributed by atoms with E-state index in [-0.39, 0.29) is 38.7 Å². The van der Waals surface area contributed by atoms with Crippen molar-refractivity contribution in [1.82, 2.24) is 36.4 Å². The van der Waals surface area contributed by atoms with Crippen LogP contribution in [0, 0.1) is 0 Å². The molecule has 0 aliphatic rings. The largest absolute Gasteiger partial charge is 0.478 e. The minimum absolute atomic E-state index is 0.0732. The third-order valence-corrected chi connectivity index (χ3v) is 6.53. The van der Waals surface area contributed by atoms with Gasteiger partial charge in [-0.05, 0) is 99.4 Å². The van der Waals surface area contributed by atoms with E-state index in [0.717, 1.165) is 44.6 Å². The van der Waals surface area contributed by atoms with Gasteiger partial charge in [-0.1, -0.05) is 0 Å². The summed E-state index contributed by atoms with van der Waals surface area (Å²) in [5, 5.41) is 23.1. The molecule has 43 heavy (non-hydrogen) atoms. The van der Waals surface area contributed by atoms with Gasteiger partial charge >= 0.3 is 11.9 Å². The molecule has 0 aromatic heterocycles. The van der Waals surface area contributed by atoms with Crippen molar-refractivity contribution in [3.63, 3.8) is 0 Å². The van der Waals surface area contributed by atoms with Crippen LogP contribution in [-0.4, -0.2) is 130 Å². The highest BCUT2D eigenvalue weighted by molar-refractivity contribution is 6.25. The lowest BCUT2D eigenvalue weighted by Crippen LogP contribution is -2.40. The number of rotatable bonds is 19. The molecular weight excluding hydrogens is 556 g/mol. The predicted octanol–water partition coefficient (Wildman–Crippen LogP) is 0.972. The average molecular weight is 603 g/mol. The Kier molecular flexibility index (Phi) is 14.3. The van der Waals surface area contributed by atoms with Gasteiger partial charge in [0.05, 0.1) is 22.3 Å². The first-order valence-corrected chi connectivity index (χ1v) is 14.2. The Bertz CT molecular complexity index is 1280. The van der Waals surface area contributed by atoms with Crippen LogP contribution in [-0.2, 0) is 0 Å². The molecule has 2 aromatic carbocycles. The smallest absolute Gasteiger partial charge is 0.336 e. The molecule has 0 aliphatic carbocycles. The highest BCUT2D eigenvalue weighted by Crippen LogP contribution is 2.35. The topological polar surface area (TPSA) is 179 Å². The standard InChI is InChI=1S/C29H46N8O6/c1-35(2)15-7-12-30-22-18-21(26(38)33-31-13-8-16-36(3)4)23-19(28(40)41)10-11-20(29(42)43)24(23)25(22)27(39)34-32-14-9-17-37(5)6/h10-11,18,30-32H,7-9,12-17H2,1-6H3,(H,33,38)(H,34,39)(H,40,41)(H,42,43). The van der Waals surface area contributed by atoms with Gasteiger partial charge in [0, 0.05) is 36.1 Å². The Morgan fingerprint density at radius 2 is 1.07 bits per heavy atom. The molecule has 0 fully saturated rings. The van der Waals surface area contributed by atoms with E-state index >= 15 is 0 Å². The third-order valence-electron chi connectivity index (χ3n) is 6.53. The fourth-order valence-electron chi connectivity index (χ4n) is 4.48. The van der Waals surface area contributed by atoms with Crippen molar-refractivity contribution in [2.75, 3.05) is 86.9 Å². The highest BCUT2D eigenvalue weighted by atomic mass is 16.4. The number of carbonyl (C=O) groups is 4. The summed E-state index contributed by atoms with van der Waals surface area (Å²) in [6.07, 6.45) is 2.15. The lowest BCUT2D eigenvalue weighted by Gasteiger charge is -2.21. The van der Waals surface area contributed by atoms with Gasteiger partial charge < -0.3 is 30.2 Å². The molecule has 0 spiro atoms. The molecule has 238 valence electrons. The molecule has 2 aromatic rings. The molecule has 2 rings (SSSR count). The Hall–Kier alpha value is -3.82. The van der Waals surface area contributed by atoms with Gasteiger partial charge in [-0.15, -0.1) is 0 Å². The first-order valence-electron chi connectivity index (χ1n) is 14.2. The van der Waals surface area contributed by atoms with Crippen molar-refractivity contribution in [3.05, 3.63) is 40.5 Å². The number of amides is 2. The van der Waals surface area contributed by atoms with Gasteiger partial charge in [0.1, 0.15) is 0 Å². The van der Waals surface area contributed by atoms with Gasteiger partial charge in [-0.2, -0.15) is 0 Å². The minimum Gasteiger partial charge on any atom is -0.478 e. The number of aromatic carboxylic acids is 2. The summed E-state index contributed by atoms with van der Waals surface area (Å²) < 4.78 is 0. The molecule has 0 aliphatic heterocycles. The van der Waals surface area contributed by atoms with Crippen molar-refractivity contribution in [3.8, 4) is 0 Å². The van der Waals surface area contributed by atoms with E-state index in [9.17, 15) is 29.4 Å². The van der Waals surface area contributed by atoms with E-state index < -0.39 is 23.8 Å². The number of fused-ring (bicyclic) bond motifs is 1. The lowest BCUT2D eigenvalue weighted by atomic mass is 9.89. The van der Waals surface area contributed by atoms with E-state index in [1.165, 1.54) is 6.07 Å². The van der Waals surface area contributed by atoms with Crippen LogP contribution in [0.4, 0.5) is 5.69 Å². The second kappa shape index (κ2) is 17.3. The molecule has 14 heteroatoms. The number of carboxylic acid groups (broad SMARTS) is 2. The van der Waals surface area contributed by atoms with E-state index in [1.807, 2.05) is 57.0 Å². The Morgan fingerprint density at radius 3 is 1.53 bits per heavy atom. The van der Waals surface area contributed by atoms with E-state index in [4.69, 9.17) is 0 Å². The number of carboxylic acids is 2. The Labute approximate surface area is 252 Å². The molecule has 0 saturated carbocycles. The maximum atomic E-state index is 13.7. The van der Waals surface area contributed by atoms with Crippen LogP contribution in [0.3, 0.4) is 0 Å². The summed E-state index contributed by atoms with van der Waals surface area (Å²) in [6.45, 7) is 3.60. The number of anilines is 1. The number of nitrogens with one attached hydrogen (secondary N) is 5. The first-order chi connectivity index (χ1) is 20.3. The van der Waals surface area contributed by atoms with Crippen molar-refractivity contribution in [1.29, 1.82) is 0 Å². The SMILES string of the molecule is CN(C)CCCNNC(=O)c1cc(NCCCN(C)C)c(C(=O)NNCCCN(C)C)c2c(C(=O)O)ccc(C(=O)O)c12. The van der Waals surface area contributed by atoms with E-state index in [2.05, 4.69) is 27.0 Å². The number of benzene rings is 2. The minimum atomic E-state index is -1.37. The van der Waals surface area contributed by atoms with Crippen LogP contribution < -0.4 is 27.0 Å².